The van der Waals surface area contributed by atoms with Crippen molar-refractivity contribution >= 4 is 17.0 Å². The second-order valence-electron chi connectivity index (χ2n) is 5.76. The smallest absolute Gasteiger partial charge is 0.133 e. The monoisotopic (exact) mass is 302 g/mol. The Bertz CT molecular complexity index is 544. The molecule has 1 atom stereocenters. The molecule has 0 amide bonds. The predicted molar refractivity (Wildman–Crippen MR) is 87.9 cm³/mol. The van der Waals surface area contributed by atoms with E-state index in [1.165, 1.54) is 24.1 Å². The molecule has 1 fully saturated rings. The average Bonchev–Trinajstić information content (AvgIpc) is 3.03. The first-order valence-electron chi connectivity index (χ1n) is 7.56. The van der Waals surface area contributed by atoms with Crippen LogP contribution in [0.25, 0.3) is 0 Å². The first-order valence-corrected chi connectivity index (χ1v) is 8.44. The molecule has 2 heterocycles. The molecule has 1 unspecified atom stereocenters. The normalized spacial score (nSPS) is 17.9. The van der Waals surface area contributed by atoms with Gasteiger partial charge in [-0.15, -0.1) is 21.5 Å². The molecule has 5 heteroatoms. The molecule has 0 saturated carbocycles. The van der Waals surface area contributed by atoms with Crippen molar-refractivity contribution in [2.45, 2.75) is 38.8 Å². The number of benzene rings is 1. The van der Waals surface area contributed by atoms with Crippen molar-refractivity contribution in [3.05, 3.63) is 40.3 Å². The fourth-order valence-corrected chi connectivity index (χ4v) is 3.42. The Labute approximate surface area is 130 Å². The van der Waals surface area contributed by atoms with Crippen molar-refractivity contribution < 1.29 is 0 Å². The lowest BCUT2D eigenvalue weighted by molar-refractivity contribution is 0.379. The highest BCUT2D eigenvalue weighted by atomic mass is 32.1. The van der Waals surface area contributed by atoms with E-state index in [1.54, 1.807) is 16.8 Å². The van der Waals surface area contributed by atoms with E-state index in [-0.39, 0.29) is 0 Å². The summed E-state index contributed by atoms with van der Waals surface area (Å²) in [5.41, 5.74) is 4.46. The molecule has 0 spiro atoms. The van der Waals surface area contributed by atoms with Crippen LogP contribution in [0, 0.1) is 6.92 Å². The molecule has 0 radical (unpaired) electrons. The van der Waals surface area contributed by atoms with Crippen molar-refractivity contribution in [2.24, 2.45) is 0 Å². The number of hydrogen-bond acceptors (Lipinski definition) is 5. The molecular formula is C16H22N4S. The molecule has 0 bridgehead atoms. The Morgan fingerprint density at radius 3 is 2.57 bits per heavy atom. The molecule has 1 aromatic carbocycles. The van der Waals surface area contributed by atoms with Gasteiger partial charge in [-0.25, -0.2) is 0 Å². The number of aromatic nitrogens is 2. The van der Waals surface area contributed by atoms with Crippen molar-refractivity contribution in [1.29, 1.82) is 0 Å². The molecule has 4 nitrogen and oxygen atoms in total. The summed E-state index contributed by atoms with van der Waals surface area (Å²) < 4.78 is 0. The van der Waals surface area contributed by atoms with Gasteiger partial charge in [0, 0.05) is 24.8 Å². The van der Waals surface area contributed by atoms with E-state index < -0.39 is 0 Å². The lowest BCUT2D eigenvalue weighted by Crippen LogP contribution is -2.43. The van der Waals surface area contributed by atoms with Crippen LogP contribution in [-0.2, 0) is 0 Å². The molecule has 1 saturated heterocycles. The van der Waals surface area contributed by atoms with E-state index in [0.717, 1.165) is 18.1 Å². The van der Waals surface area contributed by atoms with Gasteiger partial charge in [-0.2, -0.15) is 0 Å². The summed E-state index contributed by atoms with van der Waals surface area (Å²) in [5.74, 6) is 0. The van der Waals surface area contributed by atoms with Gasteiger partial charge >= 0.3 is 0 Å². The number of rotatable bonds is 4. The van der Waals surface area contributed by atoms with E-state index in [0.29, 0.717) is 12.1 Å². The second-order valence-corrected chi connectivity index (χ2v) is 6.63. The van der Waals surface area contributed by atoms with E-state index in [1.807, 2.05) is 0 Å². The van der Waals surface area contributed by atoms with Gasteiger partial charge in [0.2, 0.25) is 0 Å². The van der Waals surface area contributed by atoms with E-state index in [4.69, 9.17) is 0 Å². The number of hydrogen-bond donors (Lipinski definition) is 1. The highest BCUT2D eigenvalue weighted by Crippen LogP contribution is 2.22. The second kappa shape index (κ2) is 6.54. The molecule has 1 aliphatic heterocycles. The van der Waals surface area contributed by atoms with Gasteiger partial charge in [0.1, 0.15) is 10.5 Å². The zero-order chi connectivity index (χ0) is 14.7. The van der Waals surface area contributed by atoms with Crippen molar-refractivity contribution in [3.8, 4) is 0 Å². The van der Waals surface area contributed by atoms with Gasteiger partial charge < -0.3 is 10.2 Å². The molecule has 21 heavy (non-hydrogen) atoms. The van der Waals surface area contributed by atoms with Crippen molar-refractivity contribution in [3.63, 3.8) is 0 Å². The molecule has 1 aromatic heterocycles. The molecule has 2 aromatic rings. The maximum atomic E-state index is 4.15. The standard InChI is InChI=1S/C16H22N4S/c1-12-3-5-15(6-4-12)20-9-7-14(8-10-20)18-13(2)16-19-17-11-21-16/h3-6,11,13-14,18H,7-10H2,1-2H3. The summed E-state index contributed by atoms with van der Waals surface area (Å²) in [4.78, 5) is 2.48. The molecule has 3 rings (SSSR count). The summed E-state index contributed by atoms with van der Waals surface area (Å²) in [6, 6.07) is 9.72. The van der Waals surface area contributed by atoms with Crippen molar-refractivity contribution in [2.75, 3.05) is 18.0 Å². The zero-order valence-corrected chi connectivity index (χ0v) is 13.4. The predicted octanol–water partition coefficient (Wildman–Crippen LogP) is 3.17. The first-order chi connectivity index (χ1) is 10.2. The summed E-state index contributed by atoms with van der Waals surface area (Å²) in [5, 5.41) is 12.8. The molecule has 112 valence electrons. The largest absolute Gasteiger partial charge is 0.371 e. The van der Waals surface area contributed by atoms with E-state index >= 15 is 0 Å². The lowest BCUT2D eigenvalue weighted by atomic mass is 10.0. The Morgan fingerprint density at radius 1 is 1.24 bits per heavy atom. The topological polar surface area (TPSA) is 41.0 Å². The third kappa shape index (κ3) is 3.60. The van der Waals surface area contributed by atoms with E-state index in [2.05, 4.69) is 58.5 Å². The molecule has 1 aliphatic rings. The molecule has 0 aliphatic carbocycles. The van der Waals surface area contributed by atoms with Crippen LogP contribution < -0.4 is 10.2 Å². The van der Waals surface area contributed by atoms with Crippen LogP contribution >= 0.6 is 11.3 Å². The van der Waals surface area contributed by atoms with Gasteiger partial charge in [0.25, 0.3) is 0 Å². The van der Waals surface area contributed by atoms with Gasteiger partial charge in [0.05, 0.1) is 6.04 Å². The maximum absolute atomic E-state index is 4.15. The zero-order valence-electron chi connectivity index (χ0n) is 12.6. The minimum atomic E-state index is 0.299. The third-order valence-electron chi connectivity index (χ3n) is 4.13. The Hall–Kier alpha value is -1.46. The minimum absolute atomic E-state index is 0.299. The van der Waals surface area contributed by atoms with Crippen LogP contribution in [0.1, 0.15) is 36.4 Å². The fourth-order valence-electron chi connectivity index (χ4n) is 2.86. The van der Waals surface area contributed by atoms with Crippen LogP contribution in [0.3, 0.4) is 0 Å². The first kappa shape index (κ1) is 14.5. The number of nitrogens with zero attached hydrogens (tertiary/aromatic N) is 3. The number of piperidine rings is 1. The van der Waals surface area contributed by atoms with Gasteiger partial charge in [-0.05, 0) is 38.8 Å². The van der Waals surface area contributed by atoms with Gasteiger partial charge in [0.15, 0.2) is 0 Å². The van der Waals surface area contributed by atoms with Crippen LogP contribution in [0.5, 0.6) is 0 Å². The Kier molecular flexibility index (Phi) is 4.51. The summed E-state index contributed by atoms with van der Waals surface area (Å²) in [6.45, 7) is 6.54. The number of nitrogens with one attached hydrogen (secondary N) is 1. The highest BCUT2D eigenvalue weighted by Gasteiger charge is 2.21. The van der Waals surface area contributed by atoms with Crippen molar-refractivity contribution in [1.82, 2.24) is 15.5 Å². The Balaban J connectivity index is 1.52. The quantitative estimate of drug-likeness (QED) is 0.942. The summed E-state index contributed by atoms with van der Waals surface area (Å²) >= 11 is 1.62. The van der Waals surface area contributed by atoms with Crippen LogP contribution in [-0.4, -0.2) is 29.3 Å². The fraction of sp³-hybridized carbons (Fsp3) is 0.500. The highest BCUT2D eigenvalue weighted by molar-refractivity contribution is 7.09. The van der Waals surface area contributed by atoms with Gasteiger partial charge in [-0.1, -0.05) is 17.7 Å². The van der Waals surface area contributed by atoms with E-state index in [9.17, 15) is 0 Å². The van der Waals surface area contributed by atoms with Gasteiger partial charge in [-0.3, -0.25) is 0 Å². The van der Waals surface area contributed by atoms with Crippen LogP contribution in [0.2, 0.25) is 0 Å². The SMILES string of the molecule is Cc1ccc(N2CCC(NC(C)c3nncs3)CC2)cc1. The average molecular weight is 302 g/mol. The molecule has 1 N–H and O–H groups in total. The summed E-state index contributed by atoms with van der Waals surface area (Å²) in [6.07, 6.45) is 2.36. The number of anilines is 1. The lowest BCUT2D eigenvalue weighted by Gasteiger charge is -2.35. The van der Waals surface area contributed by atoms with Crippen LogP contribution in [0.15, 0.2) is 29.8 Å². The Morgan fingerprint density at radius 2 is 1.95 bits per heavy atom. The van der Waals surface area contributed by atoms with Crippen LogP contribution in [0.4, 0.5) is 5.69 Å². The number of aryl methyl sites for hydroxylation is 1. The summed E-state index contributed by atoms with van der Waals surface area (Å²) in [7, 11) is 0. The molecular weight excluding hydrogens is 280 g/mol. The minimum Gasteiger partial charge on any atom is -0.371 e. The maximum Gasteiger partial charge on any atom is 0.133 e. The third-order valence-corrected chi connectivity index (χ3v) is 5.00.